The van der Waals surface area contributed by atoms with Crippen molar-refractivity contribution < 1.29 is 19.1 Å². The van der Waals surface area contributed by atoms with Crippen LogP contribution in [0.25, 0.3) is 0 Å². The first-order valence-corrected chi connectivity index (χ1v) is 4.94. The van der Waals surface area contributed by atoms with Crippen molar-refractivity contribution >= 4 is 6.29 Å². The average Bonchev–Trinajstić information content (AvgIpc) is 2.67. The van der Waals surface area contributed by atoms with Crippen molar-refractivity contribution in [3.63, 3.8) is 0 Å². The fourth-order valence-electron chi connectivity index (χ4n) is 1.32. The molecule has 88 valence electrons. The van der Waals surface area contributed by atoms with Gasteiger partial charge in [-0.2, -0.15) is 0 Å². The first-order valence-electron chi connectivity index (χ1n) is 4.94. The second kappa shape index (κ2) is 4.65. The number of rotatable bonds is 4. The number of nitrogens with zero attached hydrogens (tertiary/aromatic N) is 2. The molecule has 0 bridgehead atoms. The summed E-state index contributed by atoms with van der Waals surface area (Å²) in [5.41, 5.74) is 1.30. The van der Waals surface area contributed by atoms with Gasteiger partial charge in [-0.15, -0.1) is 0 Å². The smallest absolute Gasteiger partial charge is 0.235 e. The van der Waals surface area contributed by atoms with Crippen LogP contribution in [0, 0.1) is 12.1 Å². The zero-order valence-corrected chi connectivity index (χ0v) is 9.12. The van der Waals surface area contributed by atoms with Crippen LogP contribution in [-0.4, -0.2) is 11.4 Å². The molecule has 1 aromatic carbocycles. The quantitative estimate of drug-likeness (QED) is 0.582. The molecular weight excluding hydrogens is 224 g/mol. The number of hydrogen-bond donors (Lipinski definition) is 0. The second-order valence-corrected chi connectivity index (χ2v) is 3.44. The standard InChI is InChI=1S/C11H10N2O4/c1-8-11(13(15)17-12-8)7-16-10-4-2-3-9(5-10)6-14/h2-6H,7H2,1H3. The first-order chi connectivity index (χ1) is 8.20. The molecule has 0 aliphatic rings. The molecule has 0 unspecified atom stereocenters. The Morgan fingerprint density at radius 2 is 2.41 bits per heavy atom. The van der Waals surface area contributed by atoms with E-state index in [0.717, 1.165) is 6.29 Å². The Kier molecular flexibility index (Phi) is 3.04. The number of benzene rings is 1. The highest BCUT2D eigenvalue weighted by atomic mass is 16.8. The van der Waals surface area contributed by atoms with Crippen molar-refractivity contribution in [3.8, 4) is 5.75 Å². The number of hydrogen-bond acceptors (Lipinski definition) is 5. The molecule has 2 rings (SSSR count). The van der Waals surface area contributed by atoms with E-state index in [0.29, 0.717) is 27.6 Å². The van der Waals surface area contributed by atoms with Gasteiger partial charge in [0.2, 0.25) is 11.4 Å². The van der Waals surface area contributed by atoms with E-state index in [9.17, 15) is 10.0 Å². The van der Waals surface area contributed by atoms with Crippen molar-refractivity contribution in [3.05, 3.63) is 46.4 Å². The largest absolute Gasteiger partial charge is 0.485 e. The lowest BCUT2D eigenvalue weighted by Crippen LogP contribution is -2.29. The fourth-order valence-corrected chi connectivity index (χ4v) is 1.32. The Morgan fingerprint density at radius 1 is 1.59 bits per heavy atom. The van der Waals surface area contributed by atoms with Gasteiger partial charge in [-0.25, -0.2) is 0 Å². The van der Waals surface area contributed by atoms with Gasteiger partial charge in [-0.05, 0) is 17.0 Å². The predicted molar refractivity (Wildman–Crippen MR) is 56.4 cm³/mol. The van der Waals surface area contributed by atoms with Gasteiger partial charge < -0.3 is 9.94 Å². The molecule has 0 atom stereocenters. The number of carbonyl (C=O) groups excluding carboxylic acids is 1. The van der Waals surface area contributed by atoms with Crippen LogP contribution in [0.1, 0.15) is 21.7 Å². The van der Waals surface area contributed by atoms with Gasteiger partial charge in [0.05, 0.1) is 0 Å². The van der Waals surface area contributed by atoms with Gasteiger partial charge in [0.15, 0.2) is 6.61 Å². The Morgan fingerprint density at radius 3 is 3.06 bits per heavy atom. The maximum Gasteiger partial charge on any atom is 0.235 e. The molecule has 0 saturated carbocycles. The van der Waals surface area contributed by atoms with E-state index >= 15 is 0 Å². The minimum atomic E-state index is 0.0428. The molecule has 0 amide bonds. The van der Waals surface area contributed by atoms with Gasteiger partial charge in [0, 0.05) is 17.6 Å². The lowest BCUT2D eigenvalue weighted by molar-refractivity contribution is -0.808. The van der Waals surface area contributed by atoms with Crippen LogP contribution in [-0.2, 0) is 6.61 Å². The fraction of sp³-hybridized carbons (Fsp3) is 0.182. The molecule has 0 aliphatic carbocycles. The maximum absolute atomic E-state index is 11.1. The summed E-state index contributed by atoms with van der Waals surface area (Å²) in [6.45, 7) is 1.69. The summed E-state index contributed by atoms with van der Waals surface area (Å²) in [4.78, 5) is 10.9. The van der Waals surface area contributed by atoms with Crippen molar-refractivity contribution in [1.29, 1.82) is 0 Å². The average molecular weight is 234 g/mol. The van der Waals surface area contributed by atoms with Crippen LogP contribution in [0.2, 0.25) is 0 Å². The summed E-state index contributed by atoms with van der Waals surface area (Å²) in [6.07, 6.45) is 0.727. The summed E-state index contributed by atoms with van der Waals surface area (Å²) < 4.78 is 9.78. The van der Waals surface area contributed by atoms with Crippen LogP contribution < -0.4 is 9.64 Å². The molecule has 6 heteroatoms. The Labute approximate surface area is 97.0 Å². The number of ether oxygens (including phenoxy) is 1. The van der Waals surface area contributed by atoms with Crippen molar-refractivity contribution in [2.45, 2.75) is 13.5 Å². The van der Waals surface area contributed by atoms with E-state index in [1.165, 1.54) is 0 Å². The van der Waals surface area contributed by atoms with E-state index < -0.39 is 0 Å². The van der Waals surface area contributed by atoms with E-state index in [-0.39, 0.29) is 6.61 Å². The van der Waals surface area contributed by atoms with Crippen molar-refractivity contribution in [2.24, 2.45) is 0 Å². The lowest BCUT2D eigenvalue weighted by atomic mass is 10.2. The minimum absolute atomic E-state index is 0.0428. The van der Waals surface area contributed by atoms with E-state index in [4.69, 9.17) is 4.74 Å². The molecule has 0 N–H and O–H groups in total. The number of aryl methyl sites for hydroxylation is 1. The molecule has 1 aromatic heterocycles. The molecular formula is C11H10N2O4. The van der Waals surface area contributed by atoms with Gasteiger partial charge in [-0.1, -0.05) is 12.1 Å². The maximum atomic E-state index is 11.1. The summed E-state index contributed by atoms with van der Waals surface area (Å²) in [7, 11) is 0. The van der Waals surface area contributed by atoms with Gasteiger partial charge >= 0.3 is 0 Å². The molecule has 6 nitrogen and oxygen atoms in total. The SMILES string of the molecule is Cc1no[n+]([O-])c1COc1cccc(C=O)c1. The van der Waals surface area contributed by atoms with Gasteiger partial charge in [0.25, 0.3) is 0 Å². The van der Waals surface area contributed by atoms with Crippen LogP contribution in [0.5, 0.6) is 5.75 Å². The first kappa shape index (κ1) is 11.1. The molecule has 0 spiro atoms. The van der Waals surface area contributed by atoms with Crippen LogP contribution >= 0.6 is 0 Å². The molecule has 2 aromatic rings. The highest BCUT2D eigenvalue weighted by molar-refractivity contribution is 5.75. The minimum Gasteiger partial charge on any atom is -0.485 e. The highest BCUT2D eigenvalue weighted by Gasteiger charge is 2.14. The lowest BCUT2D eigenvalue weighted by Gasteiger charge is -2.04. The number of aromatic nitrogens is 2. The molecule has 0 fully saturated rings. The normalized spacial score (nSPS) is 10.2. The molecule has 0 radical (unpaired) electrons. The topological polar surface area (TPSA) is 79.3 Å². The van der Waals surface area contributed by atoms with Crippen LogP contribution in [0.3, 0.4) is 0 Å². The second-order valence-electron chi connectivity index (χ2n) is 3.44. The third-order valence-electron chi connectivity index (χ3n) is 2.26. The number of aldehydes is 1. The van der Waals surface area contributed by atoms with E-state index in [1.807, 2.05) is 0 Å². The predicted octanol–water partition coefficient (Wildman–Crippen LogP) is 1.01. The van der Waals surface area contributed by atoms with Gasteiger partial charge in [0.1, 0.15) is 12.0 Å². The zero-order valence-electron chi connectivity index (χ0n) is 9.12. The zero-order chi connectivity index (χ0) is 12.3. The van der Waals surface area contributed by atoms with E-state index in [2.05, 4.69) is 9.79 Å². The third-order valence-corrected chi connectivity index (χ3v) is 2.26. The van der Waals surface area contributed by atoms with Crippen LogP contribution in [0.4, 0.5) is 0 Å². The van der Waals surface area contributed by atoms with Crippen LogP contribution in [0.15, 0.2) is 28.9 Å². The summed E-state index contributed by atoms with van der Waals surface area (Å²) in [5.74, 6) is 0.509. The Hall–Kier alpha value is -2.37. The van der Waals surface area contributed by atoms with Gasteiger partial charge in [-0.3, -0.25) is 9.42 Å². The summed E-state index contributed by atoms with van der Waals surface area (Å²) >= 11 is 0. The van der Waals surface area contributed by atoms with E-state index in [1.54, 1.807) is 31.2 Å². The monoisotopic (exact) mass is 234 g/mol. The highest BCUT2D eigenvalue weighted by Crippen LogP contribution is 2.13. The number of carbonyl (C=O) groups is 1. The Balaban J connectivity index is 2.09. The molecule has 17 heavy (non-hydrogen) atoms. The Bertz CT molecular complexity index is 517. The van der Waals surface area contributed by atoms with Crippen molar-refractivity contribution in [1.82, 2.24) is 5.16 Å². The third kappa shape index (κ3) is 2.41. The summed E-state index contributed by atoms with van der Waals surface area (Å²) in [5, 5.41) is 14.6. The summed E-state index contributed by atoms with van der Waals surface area (Å²) in [6, 6.07) is 6.65. The molecule has 0 saturated heterocycles. The molecule has 0 aliphatic heterocycles. The molecule has 1 heterocycles. The van der Waals surface area contributed by atoms with Crippen molar-refractivity contribution in [2.75, 3.05) is 0 Å².